The molecular formula is C25H29N3O2. The maximum Gasteiger partial charge on any atom is 0.261 e. The Morgan fingerprint density at radius 2 is 1.83 bits per heavy atom. The lowest BCUT2D eigenvalue weighted by Crippen LogP contribution is -2.49. The largest absolute Gasteiger partial charge is 0.487 e. The number of carbonyl (C=O) groups excluding carboxylic acids is 1. The molecule has 1 unspecified atom stereocenters. The summed E-state index contributed by atoms with van der Waals surface area (Å²) in [7, 11) is 1.69. The molecule has 0 aromatic heterocycles. The Kier molecular flexibility index (Phi) is 4.21. The van der Waals surface area contributed by atoms with Crippen LogP contribution < -0.4 is 10.5 Å². The second-order valence-corrected chi connectivity index (χ2v) is 9.55. The van der Waals surface area contributed by atoms with Crippen LogP contribution in [0.5, 0.6) is 5.75 Å². The normalized spacial score (nSPS) is 25.4. The fourth-order valence-electron chi connectivity index (χ4n) is 5.39. The lowest BCUT2D eigenvalue weighted by molar-refractivity contribution is -0.133. The highest BCUT2D eigenvalue weighted by atomic mass is 16.5. The fourth-order valence-corrected chi connectivity index (χ4v) is 5.39. The van der Waals surface area contributed by atoms with Crippen molar-refractivity contribution in [3.05, 3.63) is 53.6 Å². The average Bonchev–Trinajstić information content (AvgIpc) is 3.32. The van der Waals surface area contributed by atoms with Gasteiger partial charge < -0.3 is 10.5 Å². The second-order valence-electron chi connectivity index (χ2n) is 9.55. The van der Waals surface area contributed by atoms with Crippen LogP contribution in [0.4, 0.5) is 0 Å². The van der Waals surface area contributed by atoms with Crippen molar-refractivity contribution < 1.29 is 9.53 Å². The van der Waals surface area contributed by atoms with Crippen molar-refractivity contribution in [2.45, 2.75) is 63.0 Å². The summed E-state index contributed by atoms with van der Waals surface area (Å²) < 4.78 is 6.24. The van der Waals surface area contributed by atoms with Gasteiger partial charge in [-0.25, -0.2) is 4.99 Å². The summed E-state index contributed by atoms with van der Waals surface area (Å²) in [6.45, 7) is 3.99. The number of ether oxygens (including phenoxy) is 1. The fraction of sp³-hybridized carbons (Fsp3) is 0.440. The first-order valence-electron chi connectivity index (χ1n) is 10.9. The minimum absolute atomic E-state index is 0.0884. The Balaban J connectivity index is 1.62. The van der Waals surface area contributed by atoms with Crippen LogP contribution in [0.15, 0.2) is 47.5 Å². The van der Waals surface area contributed by atoms with Crippen LogP contribution in [0.3, 0.4) is 0 Å². The molecule has 1 saturated carbocycles. The summed E-state index contributed by atoms with van der Waals surface area (Å²) in [5, 5.41) is 0. The topological polar surface area (TPSA) is 67.9 Å². The molecule has 5 heteroatoms. The van der Waals surface area contributed by atoms with E-state index < -0.39 is 11.1 Å². The summed E-state index contributed by atoms with van der Waals surface area (Å²) in [6.07, 6.45) is 5.64. The van der Waals surface area contributed by atoms with Gasteiger partial charge in [-0.05, 0) is 61.4 Å². The molecule has 3 aliphatic rings. The van der Waals surface area contributed by atoms with Crippen molar-refractivity contribution in [2.75, 3.05) is 7.05 Å². The molecule has 2 heterocycles. The molecule has 2 aliphatic heterocycles. The van der Waals surface area contributed by atoms with E-state index in [0.717, 1.165) is 16.7 Å². The molecule has 0 bridgehead atoms. The molecule has 1 amide bonds. The van der Waals surface area contributed by atoms with Gasteiger partial charge in [0.15, 0.2) is 11.5 Å². The molecule has 2 N–H and O–H groups in total. The van der Waals surface area contributed by atoms with Crippen LogP contribution in [0.1, 0.15) is 63.0 Å². The lowest BCUT2D eigenvalue weighted by Gasteiger charge is -2.41. The number of aliphatic imine (C=N–C) groups is 1. The van der Waals surface area contributed by atoms with Crippen LogP contribution >= 0.6 is 0 Å². The Bertz CT molecular complexity index is 1050. The molecule has 2 aromatic rings. The first-order valence-corrected chi connectivity index (χ1v) is 10.9. The van der Waals surface area contributed by atoms with Gasteiger partial charge in [-0.15, -0.1) is 0 Å². The number of guanidine groups is 1. The number of benzene rings is 2. The number of carbonyl (C=O) groups is 1. The van der Waals surface area contributed by atoms with E-state index in [0.29, 0.717) is 18.1 Å². The number of nitrogens with zero attached hydrogens (tertiary/aromatic N) is 2. The molecule has 1 fully saturated rings. The van der Waals surface area contributed by atoms with Gasteiger partial charge in [0.2, 0.25) is 0 Å². The number of nitrogens with two attached hydrogens (primary N) is 1. The van der Waals surface area contributed by atoms with Crippen LogP contribution in [-0.2, 0) is 10.3 Å². The monoisotopic (exact) mass is 403 g/mol. The van der Waals surface area contributed by atoms with Gasteiger partial charge in [-0.1, -0.05) is 43.2 Å². The van der Waals surface area contributed by atoms with E-state index in [1.54, 1.807) is 7.05 Å². The summed E-state index contributed by atoms with van der Waals surface area (Å²) in [6, 6.07) is 15.0. The third kappa shape index (κ3) is 2.91. The number of hydrogen-bond donors (Lipinski definition) is 1. The Morgan fingerprint density at radius 3 is 2.53 bits per heavy atom. The molecule has 2 aromatic carbocycles. The van der Waals surface area contributed by atoms with Crippen molar-refractivity contribution in [1.82, 2.24) is 4.90 Å². The number of amides is 1. The SMILES string of the molecule is CN1C(=O)C2(CC(C)(C)Oc3ccc(-c4cccc(C5CCCC5)c4)cc32)N=C1N. The van der Waals surface area contributed by atoms with Crippen LogP contribution in [0.25, 0.3) is 11.1 Å². The predicted octanol–water partition coefficient (Wildman–Crippen LogP) is 4.55. The predicted molar refractivity (Wildman–Crippen MR) is 118 cm³/mol. The van der Waals surface area contributed by atoms with E-state index in [1.165, 1.54) is 36.1 Å². The highest BCUT2D eigenvalue weighted by molar-refractivity contribution is 6.07. The lowest BCUT2D eigenvalue weighted by atomic mass is 9.77. The van der Waals surface area contributed by atoms with E-state index in [-0.39, 0.29) is 11.9 Å². The number of hydrogen-bond acceptors (Lipinski definition) is 4. The molecule has 1 spiro atoms. The molecule has 5 rings (SSSR count). The maximum atomic E-state index is 13.3. The van der Waals surface area contributed by atoms with Gasteiger partial charge in [0.25, 0.3) is 5.91 Å². The summed E-state index contributed by atoms with van der Waals surface area (Å²) >= 11 is 0. The summed E-state index contributed by atoms with van der Waals surface area (Å²) in [5.41, 5.74) is 9.00. The average molecular weight is 404 g/mol. The van der Waals surface area contributed by atoms with Gasteiger partial charge in [0, 0.05) is 19.0 Å². The smallest absolute Gasteiger partial charge is 0.261 e. The van der Waals surface area contributed by atoms with Crippen molar-refractivity contribution in [2.24, 2.45) is 10.7 Å². The van der Waals surface area contributed by atoms with E-state index in [4.69, 9.17) is 10.5 Å². The van der Waals surface area contributed by atoms with E-state index in [1.807, 2.05) is 19.9 Å². The van der Waals surface area contributed by atoms with Crippen LogP contribution in [-0.4, -0.2) is 29.4 Å². The molecule has 0 radical (unpaired) electrons. The first-order chi connectivity index (χ1) is 14.3. The van der Waals surface area contributed by atoms with Gasteiger partial charge in [0.05, 0.1) is 0 Å². The van der Waals surface area contributed by atoms with Crippen molar-refractivity contribution in [3.63, 3.8) is 0 Å². The molecule has 1 atom stereocenters. The van der Waals surface area contributed by atoms with Gasteiger partial charge in [-0.3, -0.25) is 9.69 Å². The molecule has 156 valence electrons. The quantitative estimate of drug-likeness (QED) is 0.800. The summed E-state index contributed by atoms with van der Waals surface area (Å²) in [5.74, 6) is 1.54. The van der Waals surface area contributed by atoms with Crippen molar-refractivity contribution in [3.8, 4) is 16.9 Å². The molecular weight excluding hydrogens is 374 g/mol. The standard InChI is InChI=1S/C25H29N3O2/c1-24(2)15-25(22(29)28(3)23(26)27-25)20-14-19(11-12-21(20)30-24)18-10-6-9-17(13-18)16-7-4-5-8-16/h6,9-14,16H,4-5,7-8,15H2,1-3H3,(H2,26,27). The van der Waals surface area contributed by atoms with Gasteiger partial charge >= 0.3 is 0 Å². The molecule has 5 nitrogen and oxygen atoms in total. The van der Waals surface area contributed by atoms with E-state index in [2.05, 4.69) is 41.4 Å². The zero-order valence-electron chi connectivity index (χ0n) is 17.9. The highest BCUT2D eigenvalue weighted by Crippen LogP contribution is 2.50. The maximum absolute atomic E-state index is 13.3. The molecule has 0 saturated heterocycles. The number of fused-ring (bicyclic) bond motifs is 2. The number of likely N-dealkylation sites (N-methyl/N-ethyl adjacent to an activating group) is 1. The highest BCUT2D eigenvalue weighted by Gasteiger charge is 2.55. The van der Waals surface area contributed by atoms with Crippen LogP contribution in [0, 0.1) is 0 Å². The Morgan fingerprint density at radius 1 is 1.10 bits per heavy atom. The zero-order chi connectivity index (χ0) is 21.1. The van der Waals surface area contributed by atoms with Gasteiger partial charge in [0.1, 0.15) is 11.4 Å². The van der Waals surface area contributed by atoms with E-state index in [9.17, 15) is 4.79 Å². The number of rotatable bonds is 2. The third-order valence-corrected chi connectivity index (χ3v) is 6.85. The molecule has 1 aliphatic carbocycles. The van der Waals surface area contributed by atoms with Gasteiger partial charge in [-0.2, -0.15) is 0 Å². The van der Waals surface area contributed by atoms with E-state index >= 15 is 0 Å². The van der Waals surface area contributed by atoms with Crippen LogP contribution in [0.2, 0.25) is 0 Å². The Labute approximate surface area is 177 Å². The molecule has 30 heavy (non-hydrogen) atoms. The minimum Gasteiger partial charge on any atom is -0.487 e. The second kappa shape index (κ2) is 6.59. The first kappa shape index (κ1) is 19.2. The Hall–Kier alpha value is -2.82. The summed E-state index contributed by atoms with van der Waals surface area (Å²) in [4.78, 5) is 19.4. The van der Waals surface area contributed by atoms with Crippen molar-refractivity contribution >= 4 is 11.9 Å². The minimum atomic E-state index is -1.02. The zero-order valence-corrected chi connectivity index (χ0v) is 17.9. The third-order valence-electron chi connectivity index (χ3n) is 6.85. The van der Waals surface area contributed by atoms with Crippen molar-refractivity contribution in [1.29, 1.82) is 0 Å².